The lowest BCUT2D eigenvalue weighted by Gasteiger charge is -2.00. The highest BCUT2D eigenvalue weighted by atomic mass is 32.2. The highest BCUT2D eigenvalue weighted by Gasteiger charge is 2.12. The zero-order chi connectivity index (χ0) is 13.2. The van der Waals surface area contributed by atoms with Crippen LogP contribution < -0.4 is 0 Å². The molecule has 6 heteroatoms. The van der Waals surface area contributed by atoms with Crippen molar-refractivity contribution in [1.82, 2.24) is 15.0 Å². The smallest absolute Gasteiger partial charge is 0.316 e. The van der Waals surface area contributed by atoms with Gasteiger partial charge in [0.05, 0.1) is 18.4 Å². The van der Waals surface area contributed by atoms with Crippen molar-refractivity contribution in [1.29, 1.82) is 0 Å². The maximum absolute atomic E-state index is 11.2. The minimum atomic E-state index is -0.270. The molecule has 0 atom stereocenters. The van der Waals surface area contributed by atoms with Crippen molar-refractivity contribution in [2.75, 3.05) is 12.9 Å². The molecule has 0 aliphatic heterocycles. The Hall–Kier alpha value is -2.08. The third-order valence-corrected chi connectivity index (χ3v) is 3.77. The van der Waals surface area contributed by atoms with Gasteiger partial charge in [-0.25, -0.2) is 9.97 Å². The van der Waals surface area contributed by atoms with E-state index in [1.807, 2.05) is 24.3 Å². The SMILES string of the molecule is COC(=O)CSc1ncnc2c1[nH]c1ccccc12. The first-order chi connectivity index (χ1) is 9.29. The second-order valence-corrected chi connectivity index (χ2v) is 4.90. The van der Waals surface area contributed by atoms with Gasteiger partial charge < -0.3 is 9.72 Å². The van der Waals surface area contributed by atoms with Crippen LogP contribution in [0.5, 0.6) is 0 Å². The highest BCUT2D eigenvalue weighted by molar-refractivity contribution is 8.00. The van der Waals surface area contributed by atoms with Gasteiger partial charge in [-0.3, -0.25) is 4.79 Å². The largest absolute Gasteiger partial charge is 0.468 e. The molecule has 5 nitrogen and oxygen atoms in total. The van der Waals surface area contributed by atoms with E-state index >= 15 is 0 Å². The molecule has 0 saturated heterocycles. The molecule has 19 heavy (non-hydrogen) atoms. The normalized spacial score (nSPS) is 11.0. The number of H-pyrrole nitrogens is 1. The number of ether oxygens (including phenoxy) is 1. The Morgan fingerprint density at radius 3 is 3.05 bits per heavy atom. The molecule has 2 heterocycles. The molecule has 0 aliphatic carbocycles. The van der Waals surface area contributed by atoms with E-state index in [1.54, 1.807) is 0 Å². The summed E-state index contributed by atoms with van der Waals surface area (Å²) in [5.41, 5.74) is 2.74. The average molecular weight is 273 g/mol. The van der Waals surface area contributed by atoms with Gasteiger partial charge in [0.2, 0.25) is 0 Å². The van der Waals surface area contributed by atoms with Crippen molar-refractivity contribution in [3.8, 4) is 0 Å². The number of nitrogens with zero attached hydrogens (tertiary/aromatic N) is 2. The standard InChI is InChI=1S/C13H11N3O2S/c1-18-10(17)6-19-13-12-11(14-7-15-13)8-4-2-3-5-9(8)16-12/h2-5,7,16H,6H2,1H3. The van der Waals surface area contributed by atoms with Gasteiger partial charge in [0.25, 0.3) is 0 Å². The summed E-state index contributed by atoms with van der Waals surface area (Å²) >= 11 is 1.34. The summed E-state index contributed by atoms with van der Waals surface area (Å²) in [6.45, 7) is 0. The molecule has 3 rings (SSSR count). The summed E-state index contributed by atoms with van der Waals surface area (Å²) in [7, 11) is 1.38. The zero-order valence-electron chi connectivity index (χ0n) is 10.2. The number of aromatic amines is 1. The van der Waals surface area contributed by atoms with E-state index in [2.05, 4.69) is 19.7 Å². The summed E-state index contributed by atoms with van der Waals surface area (Å²) in [5.74, 6) is -0.0364. The number of fused-ring (bicyclic) bond motifs is 3. The Labute approximate surface area is 113 Å². The topological polar surface area (TPSA) is 67.9 Å². The predicted octanol–water partition coefficient (Wildman–Crippen LogP) is 2.38. The molecule has 0 unspecified atom stereocenters. The number of thioether (sulfide) groups is 1. The van der Waals surface area contributed by atoms with Crippen molar-refractivity contribution in [3.05, 3.63) is 30.6 Å². The van der Waals surface area contributed by atoms with E-state index in [1.165, 1.54) is 25.2 Å². The first-order valence-corrected chi connectivity index (χ1v) is 6.69. The molecule has 0 saturated carbocycles. The quantitative estimate of drug-likeness (QED) is 0.451. The summed E-state index contributed by atoms with van der Waals surface area (Å²) in [4.78, 5) is 23.0. The highest BCUT2D eigenvalue weighted by Crippen LogP contribution is 2.29. The zero-order valence-corrected chi connectivity index (χ0v) is 11.0. The molecule has 0 fully saturated rings. The number of rotatable bonds is 3. The first kappa shape index (κ1) is 12.0. The molecule has 1 N–H and O–H groups in total. The fourth-order valence-corrected chi connectivity index (χ4v) is 2.70. The van der Waals surface area contributed by atoms with Crippen molar-refractivity contribution < 1.29 is 9.53 Å². The lowest BCUT2D eigenvalue weighted by Crippen LogP contribution is -2.03. The molecule has 0 aliphatic rings. The first-order valence-electron chi connectivity index (χ1n) is 5.70. The van der Waals surface area contributed by atoms with Gasteiger partial charge in [-0.05, 0) is 6.07 Å². The van der Waals surface area contributed by atoms with Crippen LogP contribution in [0.3, 0.4) is 0 Å². The van der Waals surface area contributed by atoms with Crippen molar-refractivity contribution in [2.24, 2.45) is 0 Å². The number of esters is 1. The van der Waals surface area contributed by atoms with Gasteiger partial charge in [-0.15, -0.1) is 0 Å². The Morgan fingerprint density at radius 1 is 1.37 bits per heavy atom. The Morgan fingerprint density at radius 2 is 2.21 bits per heavy atom. The van der Waals surface area contributed by atoms with Gasteiger partial charge in [0.15, 0.2) is 0 Å². The molecule has 0 radical (unpaired) electrons. The average Bonchev–Trinajstić information content (AvgIpc) is 2.84. The van der Waals surface area contributed by atoms with Gasteiger partial charge in [-0.1, -0.05) is 30.0 Å². The van der Waals surface area contributed by atoms with Crippen LogP contribution in [0, 0.1) is 0 Å². The van der Waals surface area contributed by atoms with Gasteiger partial charge in [-0.2, -0.15) is 0 Å². The second kappa shape index (κ2) is 4.89. The lowest BCUT2D eigenvalue weighted by atomic mass is 10.2. The van der Waals surface area contributed by atoms with Crippen LogP contribution in [0.15, 0.2) is 35.6 Å². The molecular weight excluding hydrogens is 262 g/mol. The number of hydrogen-bond acceptors (Lipinski definition) is 5. The molecule has 1 aromatic carbocycles. The molecule has 96 valence electrons. The number of hydrogen-bond donors (Lipinski definition) is 1. The number of aromatic nitrogens is 3. The third kappa shape index (κ3) is 2.15. The lowest BCUT2D eigenvalue weighted by molar-refractivity contribution is -0.137. The summed E-state index contributed by atoms with van der Waals surface area (Å²) in [6, 6.07) is 7.94. The summed E-state index contributed by atoms with van der Waals surface area (Å²) in [6.07, 6.45) is 1.52. The Balaban J connectivity index is 2.07. The van der Waals surface area contributed by atoms with Crippen LogP contribution in [-0.2, 0) is 9.53 Å². The molecule has 2 aromatic heterocycles. The molecule has 3 aromatic rings. The monoisotopic (exact) mass is 273 g/mol. The van der Waals surface area contributed by atoms with E-state index in [4.69, 9.17) is 0 Å². The van der Waals surface area contributed by atoms with Gasteiger partial charge in [0.1, 0.15) is 16.9 Å². The fraction of sp³-hybridized carbons (Fsp3) is 0.154. The third-order valence-electron chi connectivity index (χ3n) is 2.81. The number of para-hydroxylation sites is 1. The maximum Gasteiger partial charge on any atom is 0.316 e. The molecular formula is C13H11N3O2S. The second-order valence-electron chi connectivity index (χ2n) is 3.94. The number of carbonyl (C=O) groups is 1. The summed E-state index contributed by atoms with van der Waals surface area (Å²) in [5, 5.41) is 1.81. The molecule has 0 amide bonds. The number of nitrogens with one attached hydrogen (secondary N) is 1. The van der Waals surface area contributed by atoms with E-state index in [0.717, 1.165) is 27.0 Å². The van der Waals surface area contributed by atoms with Crippen LogP contribution in [0.4, 0.5) is 0 Å². The fourth-order valence-electron chi connectivity index (χ4n) is 1.92. The van der Waals surface area contributed by atoms with E-state index in [-0.39, 0.29) is 11.7 Å². The van der Waals surface area contributed by atoms with Crippen LogP contribution in [0.2, 0.25) is 0 Å². The number of benzene rings is 1. The minimum Gasteiger partial charge on any atom is -0.468 e. The predicted molar refractivity (Wildman–Crippen MR) is 74.1 cm³/mol. The van der Waals surface area contributed by atoms with Crippen LogP contribution >= 0.6 is 11.8 Å². The minimum absolute atomic E-state index is 0.234. The van der Waals surface area contributed by atoms with Crippen LogP contribution in [0.25, 0.3) is 21.9 Å². The number of carbonyl (C=O) groups excluding carboxylic acids is 1. The number of methoxy groups -OCH3 is 1. The Kier molecular flexibility index (Phi) is 3.08. The molecule has 0 spiro atoms. The van der Waals surface area contributed by atoms with E-state index in [9.17, 15) is 4.79 Å². The van der Waals surface area contributed by atoms with Crippen LogP contribution in [0.1, 0.15) is 0 Å². The van der Waals surface area contributed by atoms with Gasteiger partial charge >= 0.3 is 5.97 Å². The van der Waals surface area contributed by atoms with E-state index in [0.29, 0.717) is 0 Å². The van der Waals surface area contributed by atoms with E-state index < -0.39 is 0 Å². The Bertz CT molecular complexity index is 754. The van der Waals surface area contributed by atoms with Crippen LogP contribution in [-0.4, -0.2) is 33.8 Å². The van der Waals surface area contributed by atoms with Gasteiger partial charge in [0, 0.05) is 10.9 Å². The maximum atomic E-state index is 11.2. The van der Waals surface area contributed by atoms with Crippen molar-refractivity contribution >= 4 is 39.7 Å². The molecule has 0 bridgehead atoms. The van der Waals surface area contributed by atoms with Crippen molar-refractivity contribution in [3.63, 3.8) is 0 Å². The van der Waals surface area contributed by atoms with Crippen molar-refractivity contribution in [2.45, 2.75) is 5.03 Å². The summed E-state index contributed by atoms with van der Waals surface area (Å²) < 4.78 is 4.63.